The fourth-order valence-corrected chi connectivity index (χ4v) is 1.24. The molecule has 0 fully saturated rings. The van der Waals surface area contributed by atoms with Crippen LogP contribution in [0.1, 0.15) is 35.9 Å². The second kappa shape index (κ2) is 6.75. The molecule has 0 aliphatic carbocycles. The van der Waals surface area contributed by atoms with E-state index in [0.29, 0.717) is 5.69 Å². The van der Waals surface area contributed by atoms with Crippen LogP contribution in [0.25, 0.3) is 0 Å². The number of carbonyl (C=O) groups is 2. The van der Waals surface area contributed by atoms with E-state index in [0.717, 1.165) is 5.69 Å². The zero-order chi connectivity index (χ0) is 13.5. The number of carboxylic acid groups (broad SMARTS) is 1. The standard InChI is InChI=1S/C11H17N3O4/c1-7(2)8-5-9(14-13-8)11(17)12-3-4-18-6-10(15)16/h5,7H,3-4,6H2,1-2H3,(H,12,17)(H,13,14)(H,15,16). The van der Waals surface area contributed by atoms with Crippen LogP contribution in [0.5, 0.6) is 0 Å². The van der Waals surface area contributed by atoms with E-state index in [1.165, 1.54) is 0 Å². The van der Waals surface area contributed by atoms with E-state index >= 15 is 0 Å². The van der Waals surface area contributed by atoms with Crippen molar-refractivity contribution < 1.29 is 19.4 Å². The van der Waals surface area contributed by atoms with Crippen LogP contribution in [0, 0.1) is 0 Å². The van der Waals surface area contributed by atoms with Gasteiger partial charge in [-0.05, 0) is 12.0 Å². The molecule has 0 saturated heterocycles. The van der Waals surface area contributed by atoms with E-state index < -0.39 is 5.97 Å². The van der Waals surface area contributed by atoms with Crippen molar-refractivity contribution in [2.75, 3.05) is 19.8 Å². The number of aliphatic carboxylic acids is 1. The van der Waals surface area contributed by atoms with Crippen LogP contribution in [0.2, 0.25) is 0 Å². The van der Waals surface area contributed by atoms with Crippen LogP contribution in [0.4, 0.5) is 0 Å². The lowest BCUT2D eigenvalue weighted by atomic mass is 10.1. The maximum Gasteiger partial charge on any atom is 0.329 e. The minimum absolute atomic E-state index is 0.152. The Morgan fingerprint density at radius 1 is 1.56 bits per heavy atom. The van der Waals surface area contributed by atoms with E-state index in [9.17, 15) is 9.59 Å². The zero-order valence-electron chi connectivity index (χ0n) is 10.4. The molecule has 1 rings (SSSR count). The Bertz CT molecular complexity index is 414. The average Bonchev–Trinajstić information content (AvgIpc) is 2.77. The van der Waals surface area contributed by atoms with Gasteiger partial charge in [0.25, 0.3) is 5.91 Å². The van der Waals surface area contributed by atoms with E-state index in [2.05, 4.69) is 15.5 Å². The highest BCUT2D eigenvalue weighted by Crippen LogP contribution is 2.11. The molecule has 100 valence electrons. The van der Waals surface area contributed by atoms with Crippen molar-refractivity contribution in [2.45, 2.75) is 19.8 Å². The van der Waals surface area contributed by atoms with Crippen LogP contribution in [0.3, 0.4) is 0 Å². The quantitative estimate of drug-likeness (QED) is 0.610. The van der Waals surface area contributed by atoms with Crippen molar-refractivity contribution in [2.24, 2.45) is 0 Å². The number of ether oxygens (including phenoxy) is 1. The maximum absolute atomic E-state index is 11.6. The molecule has 1 aromatic heterocycles. The van der Waals surface area contributed by atoms with Gasteiger partial charge in [-0.2, -0.15) is 5.10 Å². The van der Waals surface area contributed by atoms with Gasteiger partial charge in [0.05, 0.1) is 6.61 Å². The number of hydrogen-bond donors (Lipinski definition) is 3. The first kappa shape index (κ1) is 14.2. The van der Waals surface area contributed by atoms with Crippen LogP contribution in [-0.2, 0) is 9.53 Å². The van der Waals surface area contributed by atoms with E-state index in [-0.39, 0.29) is 31.6 Å². The smallest absolute Gasteiger partial charge is 0.329 e. The summed E-state index contributed by atoms with van der Waals surface area (Å²) >= 11 is 0. The maximum atomic E-state index is 11.6. The summed E-state index contributed by atoms with van der Waals surface area (Å²) in [5.74, 6) is -1.06. The third kappa shape index (κ3) is 4.54. The van der Waals surface area contributed by atoms with Gasteiger partial charge in [0.1, 0.15) is 12.3 Å². The first-order valence-electron chi connectivity index (χ1n) is 5.63. The lowest BCUT2D eigenvalue weighted by molar-refractivity contribution is -0.142. The summed E-state index contributed by atoms with van der Waals surface area (Å²) in [4.78, 5) is 21.8. The molecule has 0 spiro atoms. The minimum Gasteiger partial charge on any atom is -0.480 e. The molecule has 18 heavy (non-hydrogen) atoms. The number of carboxylic acids is 1. The molecule has 0 saturated carbocycles. The summed E-state index contributed by atoms with van der Waals surface area (Å²) < 4.78 is 4.78. The Kier molecular flexibility index (Phi) is 5.31. The Labute approximate surface area is 105 Å². The number of rotatable bonds is 7. The summed E-state index contributed by atoms with van der Waals surface area (Å²) in [6.07, 6.45) is 0. The van der Waals surface area contributed by atoms with Gasteiger partial charge >= 0.3 is 5.97 Å². The van der Waals surface area contributed by atoms with Gasteiger partial charge in [0, 0.05) is 12.2 Å². The normalized spacial score (nSPS) is 10.6. The van der Waals surface area contributed by atoms with Crippen molar-refractivity contribution in [3.8, 4) is 0 Å². The number of nitrogens with zero attached hydrogens (tertiary/aromatic N) is 1. The van der Waals surface area contributed by atoms with E-state index in [1.54, 1.807) is 6.07 Å². The summed E-state index contributed by atoms with van der Waals surface area (Å²) in [6, 6.07) is 1.69. The van der Waals surface area contributed by atoms with Crippen molar-refractivity contribution in [3.05, 3.63) is 17.5 Å². The molecule has 0 atom stereocenters. The number of carbonyl (C=O) groups excluding carboxylic acids is 1. The molecule has 1 heterocycles. The number of aromatic nitrogens is 2. The topological polar surface area (TPSA) is 104 Å². The molecule has 7 heteroatoms. The molecule has 3 N–H and O–H groups in total. The molecule has 0 aliphatic rings. The summed E-state index contributed by atoms with van der Waals surface area (Å²) in [6.45, 7) is 4.02. The van der Waals surface area contributed by atoms with E-state index in [4.69, 9.17) is 9.84 Å². The number of aromatic amines is 1. The van der Waals surface area contributed by atoms with Gasteiger partial charge in [-0.15, -0.1) is 0 Å². The predicted octanol–water partition coefficient (Wildman–Crippen LogP) is 0.364. The molecule has 0 radical (unpaired) electrons. The highest BCUT2D eigenvalue weighted by atomic mass is 16.5. The second-order valence-corrected chi connectivity index (χ2v) is 4.07. The van der Waals surface area contributed by atoms with Gasteiger partial charge in [-0.1, -0.05) is 13.8 Å². The minimum atomic E-state index is -1.03. The fourth-order valence-electron chi connectivity index (χ4n) is 1.24. The van der Waals surface area contributed by atoms with Crippen LogP contribution in [0.15, 0.2) is 6.07 Å². The van der Waals surface area contributed by atoms with Crippen molar-refractivity contribution >= 4 is 11.9 Å². The summed E-state index contributed by atoms with van der Waals surface area (Å²) in [5.41, 5.74) is 1.21. The number of nitrogens with one attached hydrogen (secondary N) is 2. The summed E-state index contributed by atoms with van der Waals surface area (Å²) in [7, 11) is 0. The van der Waals surface area contributed by atoms with Gasteiger partial charge in [-0.3, -0.25) is 9.89 Å². The lowest BCUT2D eigenvalue weighted by Gasteiger charge is -2.02. The van der Waals surface area contributed by atoms with Crippen molar-refractivity contribution in [1.82, 2.24) is 15.5 Å². The summed E-state index contributed by atoms with van der Waals surface area (Å²) in [5, 5.41) is 17.6. The number of hydrogen-bond acceptors (Lipinski definition) is 4. The highest BCUT2D eigenvalue weighted by molar-refractivity contribution is 5.92. The fraction of sp³-hybridized carbons (Fsp3) is 0.545. The molecular weight excluding hydrogens is 238 g/mol. The molecule has 7 nitrogen and oxygen atoms in total. The Hall–Kier alpha value is -1.89. The van der Waals surface area contributed by atoms with Crippen LogP contribution < -0.4 is 5.32 Å². The Morgan fingerprint density at radius 3 is 2.83 bits per heavy atom. The van der Waals surface area contributed by atoms with Crippen LogP contribution in [-0.4, -0.2) is 46.9 Å². The average molecular weight is 255 g/mol. The zero-order valence-corrected chi connectivity index (χ0v) is 10.4. The SMILES string of the molecule is CC(C)c1cc(C(=O)NCCOCC(=O)O)n[nH]1. The second-order valence-electron chi connectivity index (χ2n) is 4.07. The monoisotopic (exact) mass is 255 g/mol. The molecule has 0 aromatic carbocycles. The van der Waals surface area contributed by atoms with Gasteiger partial charge in [0.2, 0.25) is 0 Å². The van der Waals surface area contributed by atoms with Gasteiger partial charge in [0.15, 0.2) is 0 Å². The Balaban J connectivity index is 2.29. The molecule has 1 amide bonds. The predicted molar refractivity (Wildman–Crippen MR) is 63.5 cm³/mol. The molecule has 0 aliphatic heterocycles. The molecule has 0 bridgehead atoms. The number of H-pyrrole nitrogens is 1. The lowest BCUT2D eigenvalue weighted by Crippen LogP contribution is -2.28. The van der Waals surface area contributed by atoms with Gasteiger partial charge < -0.3 is 15.2 Å². The molecule has 1 aromatic rings. The highest BCUT2D eigenvalue weighted by Gasteiger charge is 2.11. The van der Waals surface area contributed by atoms with Crippen molar-refractivity contribution in [3.63, 3.8) is 0 Å². The largest absolute Gasteiger partial charge is 0.480 e. The third-order valence-electron chi connectivity index (χ3n) is 2.21. The molecular formula is C11H17N3O4. The Morgan fingerprint density at radius 2 is 2.28 bits per heavy atom. The van der Waals surface area contributed by atoms with Crippen LogP contribution >= 0.6 is 0 Å². The number of amides is 1. The molecule has 0 unspecified atom stereocenters. The van der Waals surface area contributed by atoms with E-state index in [1.807, 2.05) is 13.8 Å². The van der Waals surface area contributed by atoms with Crippen molar-refractivity contribution in [1.29, 1.82) is 0 Å². The first-order chi connectivity index (χ1) is 8.50. The van der Waals surface area contributed by atoms with Gasteiger partial charge in [-0.25, -0.2) is 4.79 Å². The third-order valence-corrected chi connectivity index (χ3v) is 2.21. The first-order valence-corrected chi connectivity index (χ1v) is 5.63.